The van der Waals surface area contributed by atoms with Crippen molar-refractivity contribution in [2.24, 2.45) is 0 Å². The molecular formula is C52H40. The Morgan fingerprint density at radius 2 is 0.904 bits per heavy atom. The molecule has 0 aromatic heterocycles. The normalized spacial score (nSPS) is 14.8. The fraction of sp³-hybridized carbons (Fsp3) is 0.115. The van der Waals surface area contributed by atoms with E-state index in [0.29, 0.717) is 0 Å². The summed E-state index contributed by atoms with van der Waals surface area (Å²) in [7, 11) is 0. The summed E-state index contributed by atoms with van der Waals surface area (Å²) >= 11 is 0. The van der Waals surface area contributed by atoms with E-state index < -0.39 is 0 Å². The molecule has 0 radical (unpaired) electrons. The Morgan fingerprint density at radius 3 is 1.71 bits per heavy atom. The average Bonchev–Trinajstić information content (AvgIpc) is 3.56. The van der Waals surface area contributed by atoms with Crippen molar-refractivity contribution in [1.29, 1.82) is 0 Å². The van der Waals surface area contributed by atoms with Gasteiger partial charge in [-0.25, -0.2) is 0 Å². The van der Waals surface area contributed by atoms with Crippen LogP contribution in [0.2, 0.25) is 0 Å². The van der Waals surface area contributed by atoms with Crippen LogP contribution in [0.4, 0.5) is 0 Å². The first kappa shape index (κ1) is 30.8. The first-order chi connectivity index (χ1) is 25.3. The Kier molecular flexibility index (Phi) is 6.67. The quantitative estimate of drug-likeness (QED) is 0.130. The standard InChI is InChI=1S/C52H40/c1-51(2)46-23-13-11-20-42(46)50-43(21-14-24-47(50)51)49-41-19-9-8-17-36(41)37(28-25-33-15-6-5-7-16-33)38-29-26-34(31-44(38)49)35-27-30-40-39-18-10-12-22-45(39)52(3,4)48(40)32-35/h5-32H,1-4H3. The molecule has 0 amide bonds. The Bertz CT molecular complexity index is 2770. The van der Waals surface area contributed by atoms with Crippen molar-refractivity contribution in [1.82, 2.24) is 0 Å². The third-order valence-electron chi connectivity index (χ3n) is 12.1. The summed E-state index contributed by atoms with van der Waals surface area (Å²) in [5, 5.41) is 5.09. The zero-order chi connectivity index (χ0) is 35.2. The average molecular weight is 665 g/mol. The van der Waals surface area contributed by atoms with Gasteiger partial charge in [0.15, 0.2) is 0 Å². The molecule has 0 unspecified atom stereocenters. The minimum absolute atomic E-state index is 0.0552. The number of rotatable bonds is 4. The second-order valence-corrected chi connectivity index (χ2v) is 15.7. The summed E-state index contributed by atoms with van der Waals surface area (Å²) < 4.78 is 0. The SMILES string of the molecule is CC1(C)c2ccccc2-c2ccc(-c3ccc4c(C=Cc5ccccc5)c5ccccc5c(-c5cccc6c5-c5ccccc5C6(C)C)c4c3)cc21. The van der Waals surface area contributed by atoms with Gasteiger partial charge in [0.1, 0.15) is 0 Å². The summed E-state index contributed by atoms with van der Waals surface area (Å²) in [5.74, 6) is 0. The second kappa shape index (κ2) is 11.3. The lowest BCUT2D eigenvalue weighted by Crippen LogP contribution is -2.14. The molecule has 0 spiro atoms. The van der Waals surface area contributed by atoms with Crippen LogP contribution in [-0.4, -0.2) is 0 Å². The molecule has 0 saturated carbocycles. The topological polar surface area (TPSA) is 0 Å². The van der Waals surface area contributed by atoms with Gasteiger partial charge >= 0.3 is 0 Å². The third kappa shape index (κ3) is 4.40. The maximum Gasteiger partial charge on any atom is 0.0159 e. The minimum Gasteiger partial charge on any atom is -0.0622 e. The number of fused-ring (bicyclic) bond motifs is 8. The lowest BCUT2D eigenvalue weighted by atomic mass is 9.80. The van der Waals surface area contributed by atoms with E-state index in [0.717, 1.165) is 0 Å². The molecule has 8 aromatic rings. The van der Waals surface area contributed by atoms with Crippen LogP contribution in [0, 0.1) is 0 Å². The van der Waals surface area contributed by atoms with Gasteiger partial charge in [-0.15, -0.1) is 0 Å². The van der Waals surface area contributed by atoms with Crippen LogP contribution in [0.3, 0.4) is 0 Å². The molecule has 0 atom stereocenters. The van der Waals surface area contributed by atoms with Crippen LogP contribution in [-0.2, 0) is 10.8 Å². The molecule has 248 valence electrons. The summed E-state index contributed by atoms with van der Waals surface area (Å²) in [5.41, 5.74) is 18.5. The maximum atomic E-state index is 2.47. The Balaban J connectivity index is 1.27. The molecule has 52 heavy (non-hydrogen) atoms. The molecule has 2 aliphatic carbocycles. The van der Waals surface area contributed by atoms with Crippen LogP contribution in [0.25, 0.3) is 78.2 Å². The van der Waals surface area contributed by atoms with Gasteiger partial charge in [-0.3, -0.25) is 0 Å². The van der Waals surface area contributed by atoms with Gasteiger partial charge in [-0.1, -0.05) is 185 Å². The van der Waals surface area contributed by atoms with E-state index in [1.165, 1.54) is 99.4 Å². The van der Waals surface area contributed by atoms with Crippen molar-refractivity contribution in [2.45, 2.75) is 38.5 Å². The van der Waals surface area contributed by atoms with Crippen molar-refractivity contribution in [2.75, 3.05) is 0 Å². The zero-order valence-electron chi connectivity index (χ0n) is 30.2. The summed E-state index contributed by atoms with van der Waals surface area (Å²) in [6.07, 6.45) is 4.58. The molecule has 0 fully saturated rings. The van der Waals surface area contributed by atoms with E-state index in [-0.39, 0.29) is 10.8 Å². The van der Waals surface area contributed by atoms with Crippen LogP contribution < -0.4 is 0 Å². The van der Waals surface area contributed by atoms with E-state index in [4.69, 9.17) is 0 Å². The molecule has 10 rings (SSSR count). The van der Waals surface area contributed by atoms with Crippen LogP contribution in [0.5, 0.6) is 0 Å². The van der Waals surface area contributed by atoms with E-state index in [1.54, 1.807) is 0 Å². The Labute approximate surface area is 306 Å². The predicted molar refractivity (Wildman–Crippen MR) is 223 cm³/mol. The first-order valence-electron chi connectivity index (χ1n) is 18.5. The predicted octanol–water partition coefficient (Wildman–Crippen LogP) is 14.1. The molecule has 0 nitrogen and oxygen atoms in total. The Hall–Kier alpha value is -5.98. The molecule has 0 bridgehead atoms. The maximum absolute atomic E-state index is 2.47. The summed E-state index contributed by atoms with van der Waals surface area (Å²) in [6, 6.07) is 58.9. The van der Waals surface area contributed by atoms with Crippen LogP contribution >= 0.6 is 0 Å². The minimum atomic E-state index is -0.0775. The number of hydrogen-bond acceptors (Lipinski definition) is 0. The summed E-state index contributed by atoms with van der Waals surface area (Å²) in [4.78, 5) is 0. The van der Waals surface area contributed by atoms with Crippen molar-refractivity contribution >= 4 is 33.7 Å². The molecule has 2 aliphatic rings. The van der Waals surface area contributed by atoms with Crippen molar-refractivity contribution in [3.05, 3.63) is 191 Å². The number of benzene rings is 8. The smallest absolute Gasteiger partial charge is 0.0159 e. The largest absolute Gasteiger partial charge is 0.0622 e. The molecule has 0 heteroatoms. The third-order valence-corrected chi connectivity index (χ3v) is 12.1. The lowest BCUT2D eigenvalue weighted by Gasteiger charge is -2.23. The van der Waals surface area contributed by atoms with E-state index in [1.807, 2.05) is 0 Å². The monoisotopic (exact) mass is 664 g/mol. The fourth-order valence-corrected chi connectivity index (χ4v) is 9.45. The van der Waals surface area contributed by atoms with Gasteiger partial charge in [-0.05, 0) is 112 Å². The highest BCUT2D eigenvalue weighted by molar-refractivity contribution is 6.20. The van der Waals surface area contributed by atoms with Gasteiger partial charge in [0.2, 0.25) is 0 Å². The Morgan fingerprint density at radius 1 is 0.346 bits per heavy atom. The molecule has 0 heterocycles. The van der Waals surface area contributed by atoms with E-state index in [9.17, 15) is 0 Å². The molecule has 0 saturated heterocycles. The molecule has 8 aromatic carbocycles. The second-order valence-electron chi connectivity index (χ2n) is 15.7. The van der Waals surface area contributed by atoms with Gasteiger partial charge in [0.25, 0.3) is 0 Å². The first-order valence-corrected chi connectivity index (χ1v) is 18.5. The molecule has 0 aliphatic heterocycles. The van der Waals surface area contributed by atoms with E-state index in [2.05, 4.69) is 198 Å². The fourth-order valence-electron chi connectivity index (χ4n) is 9.45. The van der Waals surface area contributed by atoms with Gasteiger partial charge < -0.3 is 0 Å². The van der Waals surface area contributed by atoms with Gasteiger partial charge in [0, 0.05) is 10.8 Å². The molecular weight excluding hydrogens is 625 g/mol. The molecule has 0 N–H and O–H groups in total. The number of hydrogen-bond donors (Lipinski definition) is 0. The summed E-state index contributed by atoms with van der Waals surface area (Å²) in [6.45, 7) is 9.49. The highest BCUT2D eigenvalue weighted by Crippen LogP contribution is 2.54. The highest BCUT2D eigenvalue weighted by atomic mass is 14.4. The zero-order valence-corrected chi connectivity index (χ0v) is 30.2. The van der Waals surface area contributed by atoms with Gasteiger partial charge in [0.05, 0.1) is 0 Å². The van der Waals surface area contributed by atoms with Crippen LogP contribution in [0.1, 0.15) is 61.1 Å². The highest BCUT2D eigenvalue weighted by Gasteiger charge is 2.37. The van der Waals surface area contributed by atoms with Crippen LogP contribution in [0.15, 0.2) is 158 Å². The van der Waals surface area contributed by atoms with Gasteiger partial charge in [-0.2, -0.15) is 0 Å². The van der Waals surface area contributed by atoms with Crippen molar-refractivity contribution < 1.29 is 0 Å². The lowest BCUT2D eigenvalue weighted by molar-refractivity contribution is 0.660. The van der Waals surface area contributed by atoms with E-state index >= 15 is 0 Å². The van der Waals surface area contributed by atoms with Crippen molar-refractivity contribution in [3.8, 4) is 44.5 Å². The van der Waals surface area contributed by atoms with Crippen molar-refractivity contribution in [3.63, 3.8) is 0 Å².